The Labute approximate surface area is 108 Å². The zero-order valence-electron chi connectivity index (χ0n) is 10.5. The maximum absolute atomic E-state index is 10.8. The fourth-order valence-electron chi connectivity index (χ4n) is 2.86. The summed E-state index contributed by atoms with van der Waals surface area (Å²) in [7, 11) is 0. The normalized spacial score (nSPS) is 19.2. The first-order chi connectivity index (χ1) is 8.85. The summed E-state index contributed by atoms with van der Waals surface area (Å²) < 4.78 is 6.00. The van der Waals surface area contributed by atoms with Crippen LogP contribution in [0.4, 0.5) is 0 Å². The Morgan fingerprint density at radius 1 is 1.17 bits per heavy atom. The second-order valence-corrected chi connectivity index (χ2v) is 5.22. The van der Waals surface area contributed by atoms with Crippen LogP contribution in [0.1, 0.15) is 43.2 Å². The number of fused-ring (bicyclic) bond motifs is 1. The fraction of sp³-hybridized carbons (Fsp3) is 0.438. The van der Waals surface area contributed by atoms with Crippen molar-refractivity contribution in [1.29, 1.82) is 0 Å². The van der Waals surface area contributed by atoms with Crippen molar-refractivity contribution >= 4 is 12.4 Å². The van der Waals surface area contributed by atoms with Gasteiger partial charge in [-0.1, -0.05) is 6.07 Å². The van der Waals surface area contributed by atoms with Crippen LogP contribution in [0, 0.1) is 0 Å². The van der Waals surface area contributed by atoms with E-state index in [9.17, 15) is 4.79 Å². The van der Waals surface area contributed by atoms with Crippen LogP contribution in [0.2, 0.25) is 0 Å². The molecule has 0 aromatic heterocycles. The summed E-state index contributed by atoms with van der Waals surface area (Å²) in [5.41, 5.74) is 3.37. The highest BCUT2D eigenvalue weighted by molar-refractivity contribution is 5.83. The van der Waals surface area contributed by atoms with Gasteiger partial charge in [0, 0.05) is 0 Å². The first-order valence-corrected chi connectivity index (χ1v) is 6.80. The topological polar surface area (TPSA) is 26.3 Å². The van der Waals surface area contributed by atoms with Gasteiger partial charge in [-0.15, -0.1) is 0 Å². The van der Waals surface area contributed by atoms with Gasteiger partial charge in [0.2, 0.25) is 0 Å². The highest BCUT2D eigenvalue weighted by Crippen LogP contribution is 2.29. The van der Waals surface area contributed by atoms with Crippen molar-refractivity contribution in [3.8, 4) is 5.75 Å². The molecule has 94 valence electrons. The highest BCUT2D eigenvalue weighted by atomic mass is 16.5. The molecular formula is C16H18O2. The SMILES string of the molecule is O=CC1=Cc2ccc(OC3CCCC3)cc2CC1. The summed E-state index contributed by atoms with van der Waals surface area (Å²) in [5, 5.41) is 0. The molecule has 2 aliphatic carbocycles. The lowest BCUT2D eigenvalue weighted by atomic mass is 9.93. The first-order valence-electron chi connectivity index (χ1n) is 6.80. The van der Waals surface area contributed by atoms with Crippen LogP contribution in [-0.4, -0.2) is 12.4 Å². The molecule has 1 saturated carbocycles. The van der Waals surface area contributed by atoms with Gasteiger partial charge in [0.1, 0.15) is 12.0 Å². The largest absolute Gasteiger partial charge is 0.490 e. The molecule has 0 aliphatic heterocycles. The van der Waals surface area contributed by atoms with E-state index >= 15 is 0 Å². The number of allylic oxidation sites excluding steroid dienone is 1. The van der Waals surface area contributed by atoms with Crippen LogP contribution < -0.4 is 4.74 Å². The van der Waals surface area contributed by atoms with Gasteiger partial charge in [0.15, 0.2) is 0 Å². The smallest absolute Gasteiger partial charge is 0.146 e. The number of aldehydes is 1. The quantitative estimate of drug-likeness (QED) is 0.758. The molecule has 1 aromatic rings. The Bertz CT molecular complexity index is 482. The molecule has 0 spiro atoms. The Morgan fingerprint density at radius 3 is 2.78 bits per heavy atom. The Morgan fingerprint density at radius 2 is 2.00 bits per heavy atom. The maximum Gasteiger partial charge on any atom is 0.146 e. The lowest BCUT2D eigenvalue weighted by Crippen LogP contribution is -2.11. The summed E-state index contributed by atoms with van der Waals surface area (Å²) in [5.74, 6) is 0.989. The number of benzene rings is 1. The van der Waals surface area contributed by atoms with Crippen molar-refractivity contribution in [3.63, 3.8) is 0 Å². The van der Waals surface area contributed by atoms with Gasteiger partial charge in [0.25, 0.3) is 0 Å². The summed E-state index contributed by atoms with van der Waals surface area (Å²) in [6, 6.07) is 6.25. The predicted octanol–water partition coefficient (Wildman–Crippen LogP) is 3.54. The highest BCUT2D eigenvalue weighted by Gasteiger charge is 2.17. The summed E-state index contributed by atoms with van der Waals surface area (Å²) in [6.07, 6.45) is 10.1. The standard InChI is InChI=1S/C16H18O2/c17-11-12-5-6-14-10-16(8-7-13(14)9-12)18-15-3-1-2-4-15/h7-11,15H,1-6H2. The monoisotopic (exact) mass is 242 g/mol. The molecule has 0 unspecified atom stereocenters. The van der Waals surface area contributed by atoms with E-state index < -0.39 is 0 Å². The molecule has 0 radical (unpaired) electrons. The van der Waals surface area contributed by atoms with E-state index in [0.717, 1.165) is 30.5 Å². The predicted molar refractivity (Wildman–Crippen MR) is 71.7 cm³/mol. The third kappa shape index (κ3) is 2.33. The molecule has 2 nitrogen and oxygen atoms in total. The first kappa shape index (κ1) is 11.5. The van der Waals surface area contributed by atoms with E-state index in [1.54, 1.807) is 0 Å². The van der Waals surface area contributed by atoms with Crippen LogP contribution in [0.15, 0.2) is 23.8 Å². The molecule has 1 fully saturated rings. The van der Waals surface area contributed by atoms with Crippen molar-refractivity contribution in [2.45, 2.75) is 44.6 Å². The minimum Gasteiger partial charge on any atom is -0.490 e. The number of carbonyl (C=O) groups excluding carboxylic acids is 1. The van der Waals surface area contributed by atoms with Gasteiger partial charge in [-0.05, 0) is 73.4 Å². The molecule has 18 heavy (non-hydrogen) atoms. The fourth-order valence-corrected chi connectivity index (χ4v) is 2.86. The van der Waals surface area contributed by atoms with Gasteiger partial charge in [-0.2, -0.15) is 0 Å². The van der Waals surface area contributed by atoms with Gasteiger partial charge in [-0.25, -0.2) is 0 Å². The third-order valence-electron chi connectivity index (χ3n) is 3.89. The molecule has 0 N–H and O–H groups in total. The lowest BCUT2D eigenvalue weighted by molar-refractivity contribution is -0.105. The number of rotatable bonds is 3. The molecule has 0 amide bonds. The second-order valence-electron chi connectivity index (χ2n) is 5.22. The minimum absolute atomic E-state index is 0.410. The molecular weight excluding hydrogens is 224 g/mol. The summed E-state index contributed by atoms with van der Waals surface area (Å²) >= 11 is 0. The van der Waals surface area contributed by atoms with E-state index in [1.165, 1.54) is 36.8 Å². The Kier molecular flexibility index (Phi) is 3.18. The van der Waals surface area contributed by atoms with Crippen LogP contribution in [-0.2, 0) is 11.2 Å². The van der Waals surface area contributed by atoms with E-state index in [0.29, 0.717) is 6.10 Å². The van der Waals surface area contributed by atoms with Crippen molar-refractivity contribution in [3.05, 3.63) is 34.9 Å². The van der Waals surface area contributed by atoms with E-state index in [4.69, 9.17) is 4.74 Å². The molecule has 2 aliphatic rings. The van der Waals surface area contributed by atoms with Crippen LogP contribution in [0.5, 0.6) is 5.75 Å². The van der Waals surface area contributed by atoms with E-state index in [2.05, 4.69) is 12.1 Å². The lowest BCUT2D eigenvalue weighted by Gasteiger charge is -2.17. The van der Waals surface area contributed by atoms with Crippen molar-refractivity contribution < 1.29 is 9.53 Å². The molecule has 3 rings (SSSR count). The van der Waals surface area contributed by atoms with Gasteiger partial charge in [0.05, 0.1) is 6.10 Å². The Balaban J connectivity index is 1.79. The van der Waals surface area contributed by atoms with Crippen LogP contribution in [0.25, 0.3) is 6.08 Å². The maximum atomic E-state index is 10.8. The molecule has 0 saturated heterocycles. The molecule has 0 bridgehead atoms. The van der Waals surface area contributed by atoms with Crippen molar-refractivity contribution in [1.82, 2.24) is 0 Å². The summed E-state index contributed by atoms with van der Waals surface area (Å²) in [6.45, 7) is 0. The second kappa shape index (κ2) is 4.97. The number of carbonyl (C=O) groups is 1. The molecule has 1 aromatic carbocycles. The summed E-state index contributed by atoms with van der Waals surface area (Å²) in [4.78, 5) is 10.8. The number of hydrogen-bond donors (Lipinski definition) is 0. The third-order valence-corrected chi connectivity index (χ3v) is 3.89. The Hall–Kier alpha value is -1.57. The van der Waals surface area contributed by atoms with Crippen molar-refractivity contribution in [2.24, 2.45) is 0 Å². The molecule has 0 heterocycles. The van der Waals surface area contributed by atoms with E-state index in [-0.39, 0.29) is 0 Å². The average molecular weight is 242 g/mol. The van der Waals surface area contributed by atoms with Crippen molar-refractivity contribution in [2.75, 3.05) is 0 Å². The molecule has 2 heteroatoms. The van der Waals surface area contributed by atoms with E-state index in [1.807, 2.05) is 12.1 Å². The number of hydrogen-bond acceptors (Lipinski definition) is 2. The van der Waals surface area contributed by atoms with Gasteiger partial charge < -0.3 is 4.74 Å². The molecule has 0 atom stereocenters. The van der Waals surface area contributed by atoms with Gasteiger partial charge >= 0.3 is 0 Å². The minimum atomic E-state index is 0.410. The zero-order chi connectivity index (χ0) is 12.4. The average Bonchev–Trinajstić information content (AvgIpc) is 2.91. The van der Waals surface area contributed by atoms with Gasteiger partial charge in [-0.3, -0.25) is 4.79 Å². The number of aryl methyl sites for hydroxylation is 1. The number of ether oxygens (including phenoxy) is 1. The zero-order valence-corrected chi connectivity index (χ0v) is 10.5. The van der Waals surface area contributed by atoms with Crippen LogP contribution in [0.3, 0.4) is 0 Å². The van der Waals surface area contributed by atoms with Crippen LogP contribution >= 0.6 is 0 Å².